The summed E-state index contributed by atoms with van der Waals surface area (Å²) in [7, 11) is -4.13. The number of ether oxygens (including phenoxy) is 1. The Labute approximate surface area is 244 Å². The number of aryl methyl sites for hydroxylation is 1. The van der Waals surface area contributed by atoms with Crippen molar-refractivity contribution in [1.82, 2.24) is 10.2 Å². The zero-order valence-electron chi connectivity index (χ0n) is 24.4. The molecule has 0 spiro atoms. The number of anilines is 1. The van der Waals surface area contributed by atoms with E-state index in [0.29, 0.717) is 31.0 Å². The van der Waals surface area contributed by atoms with Crippen molar-refractivity contribution in [3.63, 3.8) is 0 Å². The molecule has 0 aliphatic rings. The van der Waals surface area contributed by atoms with E-state index in [1.54, 1.807) is 43.3 Å². The first-order valence-corrected chi connectivity index (χ1v) is 15.5. The van der Waals surface area contributed by atoms with Gasteiger partial charge in [0.05, 0.1) is 17.2 Å². The van der Waals surface area contributed by atoms with Gasteiger partial charge in [-0.3, -0.25) is 13.9 Å². The third kappa shape index (κ3) is 8.82. The molecule has 0 fully saturated rings. The number of carbonyl (C=O) groups excluding carboxylic acids is 2. The van der Waals surface area contributed by atoms with Crippen molar-refractivity contribution in [2.75, 3.05) is 30.5 Å². The molecule has 2 amide bonds. The Balaban J connectivity index is 1.94. The number of unbranched alkanes of at least 4 members (excludes halogenated alkanes) is 1. The van der Waals surface area contributed by atoms with E-state index in [4.69, 9.17) is 4.74 Å². The number of hydrogen-bond acceptors (Lipinski definition) is 5. The second-order valence-electron chi connectivity index (χ2n) is 9.89. The molecule has 0 aromatic heterocycles. The van der Waals surface area contributed by atoms with Crippen LogP contribution in [0.2, 0.25) is 0 Å². The molecule has 220 valence electrons. The molecule has 0 bridgehead atoms. The highest BCUT2D eigenvalue weighted by molar-refractivity contribution is 7.92. The molecule has 8 nitrogen and oxygen atoms in total. The van der Waals surface area contributed by atoms with Crippen LogP contribution in [0.1, 0.15) is 44.7 Å². The lowest BCUT2D eigenvalue weighted by Crippen LogP contribution is -2.52. The van der Waals surface area contributed by atoms with Crippen LogP contribution in [0.5, 0.6) is 5.75 Å². The number of sulfonamides is 1. The van der Waals surface area contributed by atoms with Crippen molar-refractivity contribution in [2.45, 2.75) is 57.9 Å². The van der Waals surface area contributed by atoms with Gasteiger partial charge < -0.3 is 15.0 Å². The predicted molar refractivity (Wildman–Crippen MR) is 163 cm³/mol. The van der Waals surface area contributed by atoms with Crippen molar-refractivity contribution in [1.29, 1.82) is 0 Å². The predicted octanol–water partition coefficient (Wildman–Crippen LogP) is 4.97. The highest BCUT2D eigenvalue weighted by Crippen LogP contribution is 2.26. The molecule has 0 saturated heterocycles. The summed E-state index contributed by atoms with van der Waals surface area (Å²) in [5.74, 6) is -0.176. The number of nitrogens with one attached hydrogen (secondary N) is 1. The fourth-order valence-corrected chi connectivity index (χ4v) is 5.76. The van der Waals surface area contributed by atoms with Crippen molar-refractivity contribution in [3.05, 3.63) is 90.0 Å². The first kappa shape index (κ1) is 31.7. The smallest absolute Gasteiger partial charge is 0.264 e. The number of hydrogen-bond donors (Lipinski definition) is 1. The number of amides is 2. The molecule has 1 atom stereocenters. The van der Waals surface area contributed by atoms with E-state index in [2.05, 4.69) is 5.32 Å². The van der Waals surface area contributed by atoms with E-state index >= 15 is 0 Å². The molecule has 0 radical (unpaired) electrons. The largest absolute Gasteiger partial charge is 0.494 e. The van der Waals surface area contributed by atoms with Crippen LogP contribution in [-0.2, 0) is 26.0 Å². The molecule has 1 N–H and O–H groups in total. The third-order valence-electron chi connectivity index (χ3n) is 6.80. The average molecular weight is 580 g/mol. The Kier molecular flexibility index (Phi) is 11.8. The molecular weight excluding hydrogens is 538 g/mol. The van der Waals surface area contributed by atoms with E-state index in [9.17, 15) is 18.0 Å². The summed E-state index contributed by atoms with van der Waals surface area (Å²) in [6.07, 6.45) is 2.29. The van der Waals surface area contributed by atoms with Gasteiger partial charge in [-0.05, 0) is 75.6 Å². The summed E-state index contributed by atoms with van der Waals surface area (Å²) in [4.78, 5) is 28.5. The molecule has 0 aliphatic carbocycles. The van der Waals surface area contributed by atoms with Crippen molar-refractivity contribution < 1.29 is 22.7 Å². The van der Waals surface area contributed by atoms with E-state index in [-0.39, 0.29) is 17.3 Å². The summed E-state index contributed by atoms with van der Waals surface area (Å²) >= 11 is 0. The number of nitrogens with zero attached hydrogens (tertiary/aromatic N) is 2. The van der Waals surface area contributed by atoms with Crippen LogP contribution >= 0.6 is 0 Å². The van der Waals surface area contributed by atoms with Gasteiger partial charge in [-0.2, -0.15) is 0 Å². The minimum Gasteiger partial charge on any atom is -0.494 e. The Bertz CT molecular complexity index is 1360. The van der Waals surface area contributed by atoms with Gasteiger partial charge in [0.2, 0.25) is 11.8 Å². The quantitative estimate of drug-likeness (QED) is 0.257. The summed E-state index contributed by atoms with van der Waals surface area (Å²) in [6, 6.07) is 22.0. The van der Waals surface area contributed by atoms with Gasteiger partial charge in [-0.15, -0.1) is 0 Å². The van der Waals surface area contributed by atoms with Crippen molar-refractivity contribution >= 4 is 27.5 Å². The first-order chi connectivity index (χ1) is 19.7. The van der Waals surface area contributed by atoms with Gasteiger partial charge in [0.1, 0.15) is 18.3 Å². The molecule has 0 aliphatic heterocycles. The second-order valence-corrected chi connectivity index (χ2v) is 11.8. The maximum absolute atomic E-state index is 13.9. The number of rotatable bonds is 15. The van der Waals surface area contributed by atoms with Gasteiger partial charge in [0.25, 0.3) is 10.0 Å². The maximum Gasteiger partial charge on any atom is 0.264 e. The van der Waals surface area contributed by atoms with Crippen LogP contribution in [0.4, 0.5) is 5.69 Å². The molecule has 3 aromatic carbocycles. The summed E-state index contributed by atoms with van der Waals surface area (Å²) < 4.78 is 34.5. The molecule has 3 rings (SSSR count). The first-order valence-electron chi connectivity index (χ1n) is 14.1. The lowest BCUT2D eigenvalue weighted by Gasteiger charge is -2.32. The monoisotopic (exact) mass is 579 g/mol. The van der Waals surface area contributed by atoms with Crippen molar-refractivity contribution in [3.8, 4) is 5.75 Å². The minimum atomic E-state index is -4.13. The Hall–Kier alpha value is -3.85. The van der Waals surface area contributed by atoms with E-state index in [1.807, 2.05) is 51.1 Å². The van der Waals surface area contributed by atoms with Gasteiger partial charge in [0.15, 0.2) is 0 Å². The standard InChI is InChI=1S/C32H41N3O5S/c1-5-7-22-33-32(37)26(4)34(23-21-27-11-9-8-10-12-27)31(36)24-35(28-15-13-25(3)14-16-28)41(38,39)30-19-17-29(18-20-30)40-6-2/h8-20,26H,5-7,21-24H2,1-4H3,(H,33,37). The van der Waals surface area contributed by atoms with Crippen LogP contribution in [0.25, 0.3) is 0 Å². The summed E-state index contributed by atoms with van der Waals surface area (Å²) in [5, 5.41) is 2.90. The lowest BCUT2D eigenvalue weighted by atomic mass is 10.1. The van der Waals surface area contributed by atoms with Gasteiger partial charge in [-0.25, -0.2) is 8.42 Å². The third-order valence-corrected chi connectivity index (χ3v) is 8.59. The minimum absolute atomic E-state index is 0.0375. The maximum atomic E-state index is 13.9. The fraction of sp³-hybridized carbons (Fsp3) is 0.375. The Morgan fingerprint density at radius 3 is 2.20 bits per heavy atom. The fourth-order valence-electron chi connectivity index (χ4n) is 4.35. The van der Waals surface area contributed by atoms with E-state index in [1.165, 1.54) is 17.0 Å². The van der Waals surface area contributed by atoms with E-state index in [0.717, 1.165) is 28.3 Å². The molecular formula is C32H41N3O5S. The van der Waals surface area contributed by atoms with Gasteiger partial charge in [-0.1, -0.05) is 61.4 Å². The summed E-state index contributed by atoms with van der Waals surface area (Å²) in [6.45, 7) is 8.25. The van der Waals surface area contributed by atoms with Gasteiger partial charge in [0, 0.05) is 13.1 Å². The SMILES string of the molecule is CCCCNC(=O)C(C)N(CCc1ccccc1)C(=O)CN(c1ccc(C)cc1)S(=O)(=O)c1ccc(OCC)cc1. The second kappa shape index (κ2) is 15.2. The Morgan fingerprint density at radius 2 is 1.59 bits per heavy atom. The molecule has 3 aromatic rings. The number of carbonyl (C=O) groups is 2. The molecule has 9 heteroatoms. The molecule has 41 heavy (non-hydrogen) atoms. The van der Waals surface area contributed by atoms with Crippen LogP contribution in [0.15, 0.2) is 83.8 Å². The van der Waals surface area contributed by atoms with Crippen molar-refractivity contribution in [2.24, 2.45) is 0 Å². The molecule has 0 heterocycles. The zero-order valence-corrected chi connectivity index (χ0v) is 25.2. The molecule has 0 saturated carbocycles. The zero-order chi connectivity index (χ0) is 29.8. The topological polar surface area (TPSA) is 96.0 Å². The number of benzene rings is 3. The van der Waals surface area contributed by atoms with Crippen LogP contribution < -0.4 is 14.4 Å². The lowest BCUT2D eigenvalue weighted by molar-refractivity contribution is -0.138. The average Bonchev–Trinajstić information content (AvgIpc) is 2.97. The molecule has 1 unspecified atom stereocenters. The Morgan fingerprint density at radius 1 is 0.927 bits per heavy atom. The van der Waals surface area contributed by atoms with Gasteiger partial charge >= 0.3 is 0 Å². The van der Waals surface area contributed by atoms with Crippen LogP contribution in [-0.4, -0.2) is 57.4 Å². The summed E-state index contributed by atoms with van der Waals surface area (Å²) in [5.41, 5.74) is 2.34. The van der Waals surface area contributed by atoms with E-state index < -0.39 is 28.5 Å². The normalized spacial score (nSPS) is 11.9. The van der Waals surface area contributed by atoms with Crippen LogP contribution in [0, 0.1) is 6.92 Å². The highest BCUT2D eigenvalue weighted by atomic mass is 32.2. The highest BCUT2D eigenvalue weighted by Gasteiger charge is 2.32. The van der Waals surface area contributed by atoms with Crippen LogP contribution in [0.3, 0.4) is 0 Å².